The number of benzene rings is 6. The molecular formula is C45H37N5OS. The van der Waals surface area contributed by atoms with Crippen molar-refractivity contribution in [2.75, 3.05) is 6.26 Å². The van der Waals surface area contributed by atoms with Gasteiger partial charge in [-0.15, -0.1) is 26.8 Å². The molecule has 0 fully saturated rings. The zero-order valence-corrected chi connectivity index (χ0v) is 29.9. The molecule has 52 heavy (non-hydrogen) atoms. The number of aryl methyl sites for hydroxylation is 1. The molecule has 0 aliphatic rings. The Morgan fingerprint density at radius 2 is 1.25 bits per heavy atom. The van der Waals surface area contributed by atoms with Gasteiger partial charge in [-0.25, -0.2) is 0 Å². The van der Waals surface area contributed by atoms with Gasteiger partial charge in [-0.3, -0.25) is 4.98 Å². The average Bonchev–Trinajstić information content (AvgIpc) is 3.72. The minimum absolute atomic E-state index is 0.449. The molecular weight excluding hydrogens is 659 g/mol. The Labute approximate surface area is 308 Å². The van der Waals surface area contributed by atoms with E-state index >= 15 is 0 Å². The van der Waals surface area contributed by atoms with Crippen LogP contribution in [-0.4, -0.2) is 31.4 Å². The fourth-order valence-corrected chi connectivity index (χ4v) is 7.31. The highest BCUT2D eigenvalue weighted by Crippen LogP contribution is 2.40. The molecule has 254 valence electrons. The second-order valence-electron chi connectivity index (χ2n) is 12.6. The van der Waals surface area contributed by atoms with Crippen molar-refractivity contribution in [3.05, 3.63) is 192 Å². The largest absolute Gasteiger partial charge is 0.488 e. The maximum atomic E-state index is 6.45. The van der Waals surface area contributed by atoms with Crippen molar-refractivity contribution in [1.82, 2.24) is 25.2 Å². The number of fused-ring (bicyclic) bond motifs is 1. The minimum atomic E-state index is -0.847. The van der Waals surface area contributed by atoms with E-state index in [2.05, 4.69) is 147 Å². The molecule has 0 bridgehead atoms. The van der Waals surface area contributed by atoms with Crippen LogP contribution in [0, 0.1) is 0 Å². The molecule has 0 aliphatic carbocycles. The minimum Gasteiger partial charge on any atom is -0.488 e. The van der Waals surface area contributed by atoms with Crippen molar-refractivity contribution in [2.45, 2.75) is 30.4 Å². The molecule has 2 heterocycles. The summed E-state index contributed by atoms with van der Waals surface area (Å²) in [5.74, 6) is 1.41. The molecule has 2 aromatic heterocycles. The van der Waals surface area contributed by atoms with Crippen molar-refractivity contribution in [3.8, 4) is 28.3 Å². The van der Waals surface area contributed by atoms with E-state index in [9.17, 15) is 0 Å². The first-order valence-corrected chi connectivity index (χ1v) is 18.7. The fourth-order valence-electron chi connectivity index (χ4n) is 6.87. The third-order valence-electron chi connectivity index (χ3n) is 9.51. The van der Waals surface area contributed by atoms with Gasteiger partial charge in [0.25, 0.3) is 0 Å². The molecule has 6 nitrogen and oxygen atoms in total. The molecule has 8 aromatic rings. The number of pyridine rings is 1. The van der Waals surface area contributed by atoms with Gasteiger partial charge in [-0.1, -0.05) is 146 Å². The number of hydrogen-bond donors (Lipinski definition) is 0. The van der Waals surface area contributed by atoms with Crippen molar-refractivity contribution in [2.24, 2.45) is 0 Å². The van der Waals surface area contributed by atoms with Gasteiger partial charge in [0.1, 0.15) is 12.4 Å². The van der Waals surface area contributed by atoms with Gasteiger partial charge in [0.15, 0.2) is 5.54 Å². The lowest BCUT2D eigenvalue weighted by Gasteiger charge is -2.34. The van der Waals surface area contributed by atoms with Gasteiger partial charge in [0.05, 0.1) is 5.52 Å². The lowest BCUT2D eigenvalue weighted by molar-refractivity contribution is 0.309. The molecule has 0 unspecified atom stereocenters. The molecule has 0 aliphatic heterocycles. The fraction of sp³-hybridized carbons (Fsp3) is 0.111. The number of hydrogen-bond acceptors (Lipinski definition) is 6. The SMILES string of the molecule is CCc1cc(OCc2ccc(-c3ccccc3-c3nnn(C(c4ccccc4)(c4ccccc4)c4ccccc4)n3)cc2)c2cc(SC)ccc2n1. The van der Waals surface area contributed by atoms with Crippen LogP contribution >= 0.6 is 11.8 Å². The van der Waals surface area contributed by atoms with Gasteiger partial charge < -0.3 is 4.74 Å². The predicted octanol–water partition coefficient (Wildman–Crippen LogP) is 10.3. The standard InChI is InChI=1S/C45H37N5OS/c1-3-37-29-43(41-30-38(52-2)27-28-42(41)46-37)51-31-32-23-25-33(26-24-32)39-21-13-14-22-40(39)44-47-49-50(48-44)45(34-15-7-4-8-16-34,35-17-9-5-10-18-35)36-19-11-6-12-20-36/h4-30H,3,31H2,1-2H3. The molecule has 0 saturated heterocycles. The van der Waals surface area contributed by atoms with E-state index in [0.29, 0.717) is 12.4 Å². The van der Waals surface area contributed by atoms with Crippen LogP contribution in [0.4, 0.5) is 0 Å². The lowest BCUT2D eigenvalue weighted by atomic mass is 9.77. The highest BCUT2D eigenvalue weighted by atomic mass is 32.2. The second-order valence-corrected chi connectivity index (χ2v) is 13.5. The van der Waals surface area contributed by atoms with Crippen LogP contribution < -0.4 is 4.74 Å². The zero-order valence-electron chi connectivity index (χ0n) is 29.1. The van der Waals surface area contributed by atoms with E-state index in [0.717, 1.165) is 67.7 Å². The zero-order chi connectivity index (χ0) is 35.3. The van der Waals surface area contributed by atoms with Gasteiger partial charge in [-0.05, 0) is 69.5 Å². The maximum absolute atomic E-state index is 6.45. The molecule has 0 spiro atoms. The second kappa shape index (κ2) is 14.7. The summed E-state index contributed by atoms with van der Waals surface area (Å²) in [7, 11) is 0. The van der Waals surface area contributed by atoms with Crippen molar-refractivity contribution < 1.29 is 4.74 Å². The first kappa shape index (κ1) is 33.1. The quantitative estimate of drug-likeness (QED) is 0.0991. The molecule has 0 radical (unpaired) electrons. The van der Waals surface area contributed by atoms with E-state index in [4.69, 9.17) is 25.1 Å². The Hall–Kier alpha value is -6.05. The van der Waals surface area contributed by atoms with Gasteiger partial charge in [0.2, 0.25) is 5.82 Å². The summed E-state index contributed by atoms with van der Waals surface area (Å²) in [6, 6.07) is 56.4. The number of thioether (sulfide) groups is 1. The third kappa shape index (κ3) is 6.24. The third-order valence-corrected chi connectivity index (χ3v) is 10.2. The summed E-state index contributed by atoms with van der Waals surface area (Å²) in [4.78, 5) is 7.78. The van der Waals surface area contributed by atoms with Crippen LogP contribution in [0.15, 0.2) is 169 Å². The Kier molecular flexibility index (Phi) is 9.34. The van der Waals surface area contributed by atoms with Crippen LogP contribution in [0.2, 0.25) is 0 Å². The van der Waals surface area contributed by atoms with Crippen molar-refractivity contribution in [3.63, 3.8) is 0 Å². The van der Waals surface area contributed by atoms with Crippen LogP contribution in [0.25, 0.3) is 33.4 Å². The Morgan fingerprint density at radius 3 is 1.85 bits per heavy atom. The average molecular weight is 696 g/mol. The van der Waals surface area contributed by atoms with Crippen molar-refractivity contribution >= 4 is 22.7 Å². The summed E-state index contributed by atoms with van der Waals surface area (Å²) >= 11 is 1.72. The summed E-state index contributed by atoms with van der Waals surface area (Å²) in [5.41, 5.74) is 8.31. The van der Waals surface area contributed by atoms with E-state index in [1.165, 1.54) is 4.90 Å². The number of ether oxygens (including phenoxy) is 1. The topological polar surface area (TPSA) is 65.7 Å². The molecule has 0 saturated carbocycles. The molecule has 0 amide bonds. The van der Waals surface area contributed by atoms with Gasteiger partial charge >= 0.3 is 0 Å². The van der Waals surface area contributed by atoms with E-state index in [1.54, 1.807) is 16.6 Å². The van der Waals surface area contributed by atoms with Crippen LogP contribution in [0.3, 0.4) is 0 Å². The highest BCUT2D eigenvalue weighted by molar-refractivity contribution is 7.98. The smallest absolute Gasteiger partial charge is 0.205 e. The lowest BCUT2D eigenvalue weighted by Crippen LogP contribution is -2.39. The number of tetrazole rings is 1. The molecule has 0 atom stereocenters. The Morgan fingerprint density at radius 1 is 0.654 bits per heavy atom. The predicted molar refractivity (Wildman–Crippen MR) is 211 cm³/mol. The monoisotopic (exact) mass is 695 g/mol. The molecule has 6 aromatic carbocycles. The molecule has 7 heteroatoms. The summed E-state index contributed by atoms with van der Waals surface area (Å²) in [5, 5.41) is 15.7. The number of nitrogens with zero attached hydrogens (tertiary/aromatic N) is 5. The molecule has 8 rings (SSSR count). The van der Waals surface area contributed by atoms with Crippen molar-refractivity contribution in [1.29, 1.82) is 0 Å². The summed E-state index contributed by atoms with van der Waals surface area (Å²) in [6.45, 7) is 2.57. The first-order chi connectivity index (χ1) is 25.7. The maximum Gasteiger partial charge on any atom is 0.205 e. The van der Waals surface area contributed by atoms with Crippen LogP contribution in [0.1, 0.15) is 34.9 Å². The summed E-state index contributed by atoms with van der Waals surface area (Å²) < 4.78 is 6.45. The van der Waals surface area contributed by atoms with Crippen LogP contribution in [-0.2, 0) is 18.6 Å². The number of aromatic nitrogens is 5. The van der Waals surface area contributed by atoms with E-state index < -0.39 is 5.54 Å². The van der Waals surface area contributed by atoms with E-state index in [-0.39, 0.29) is 0 Å². The number of rotatable bonds is 11. The summed E-state index contributed by atoms with van der Waals surface area (Å²) in [6.07, 6.45) is 2.93. The Balaban J connectivity index is 1.13. The van der Waals surface area contributed by atoms with Gasteiger partial charge in [0, 0.05) is 27.6 Å². The Bertz CT molecular complexity index is 2330. The molecule has 0 N–H and O–H groups in total. The normalized spacial score (nSPS) is 11.5. The van der Waals surface area contributed by atoms with E-state index in [1.807, 2.05) is 30.3 Å². The first-order valence-electron chi connectivity index (χ1n) is 17.4. The van der Waals surface area contributed by atoms with Gasteiger partial charge in [-0.2, -0.15) is 0 Å². The highest BCUT2D eigenvalue weighted by Gasteiger charge is 2.41. The van der Waals surface area contributed by atoms with Crippen LogP contribution in [0.5, 0.6) is 5.75 Å².